The third kappa shape index (κ3) is 5.44. The van der Waals surface area contributed by atoms with Gasteiger partial charge in [0.1, 0.15) is 12.4 Å². The van der Waals surface area contributed by atoms with Gasteiger partial charge in [-0.25, -0.2) is 8.42 Å². The molecule has 2 aliphatic rings. The van der Waals surface area contributed by atoms with Crippen molar-refractivity contribution in [1.29, 1.82) is 0 Å². The number of sulfonamides is 1. The molecule has 2 saturated heterocycles. The number of benzene rings is 2. The second-order valence-corrected chi connectivity index (χ2v) is 9.85. The molecule has 0 bridgehead atoms. The van der Waals surface area contributed by atoms with E-state index < -0.39 is 10.0 Å². The average Bonchev–Trinajstić information content (AvgIpc) is 3.33. The first-order chi connectivity index (χ1) is 15.0. The highest BCUT2D eigenvalue weighted by atomic mass is 32.2. The Morgan fingerprint density at radius 1 is 1.00 bits per heavy atom. The highest BCUT2D eigenvalue weighted by Gasteiger charge is 2.25. The van der Waals surface area contributed by atoms with Crippen LogP contribution in [0.1, 0.15) is 42.5 Å². The van der Waals surface area contributed by atoms with Gasteiger partial charge < -0.3 is 14.8 Å². The second kappa shape index (κ2) is 9.80. The summed E-state index contributed by atoms with van der Waals surface area (Å²) in [6.45, 7) is 2.43. The molecule has 0 spiro atoms. The van der Waals surface area contributed by atoms with Crippen molar-refractivity contribution < 1.29 is 22.7 Å². The minimum Gasteiger partial charge on any atom is -0.491 e. The molecular weight excluding hydrogens is 416 g/mol. The predicted octanol–water partition coefficient (Wildman–Crippen LogP) is 3.67. The quantitative estimate of drug-likeness (QED) is 0.704. The van der Waals surface area contributed by atoms with E-state index in [1.165, 1.54) is 4.31 Å². The van der Waals surface area contributed by atoms with Gasteiger partial charge in [0.05, 0.1) is 11.0 Å². The monoisotopic (exact) mass is 444 g/mol. The van der Waals surface area contributed by atoms with Gasteiger partial charge in [-0.05, 0) is 74.2 Å². The number of nitrogens with zero attached hydrogens (tertiary/aromatic N) is 1. The fourth-order valence-corrected chi connectivity index (χ4v) is 5.35. The van der Waals surface area contributed by atoms with Gasteiger partial charge in [-0.15, -0.1) is 0 Å². The molecule has 1 atom stereocenters. The Balaban J connectivity index is 1.33. The summed E-state index contributed by atoms with van der Waals surface area (Å²) >= 11 is 0. The number of ether oxygens (including phenoxy) is 2. The van der Waals surface area contributed by atoms with Crippen molar-refractivity contribution in [1.82, 2.24) is 4.31 Å². The van der Waals surface area contributed by atoms with Gasteiger partial charge in [-0.3, -0.25) is 4.79 Å². The molecule has 0 aliphatic carbocycles. The van der Waals surface area contributed by atoms with Gasteiger partial charge >= 0.3 is 0 Å². The lowest BCUT2D eigenvalue weighted by molar-refractivity contribution is 0.0679. The van der Waals surface area contributed by atoms with Crippen LogP contribution in [0.2, 0.25) is 0 Å². The molecule has 1 amide bonds. The van der Waals surface area contributed by atoms with Gasteiger partial charge in [0, 0.05) is 30.9 Å². The Morgan fingerprint density at radius 2 is 1.71 bits per heavy atom. The molecule has 8 heteroatoms. The Labute approximate surface area is 183 Å². The van der Waals surface area contributed by atoms with Crippen molar-refractivity contribution in [3.05, 3.63) is 54.1 Å². The fraction of sp³-hybridized carbons (Fsp3) is 0.435. The predicted molar refractivity (Wildman–Crippen MR) is 118 cm³/mol. The van der Waals surface area contributed by atoms with Gasteiger partial charge in [0.15, 0.2) is 0 Å². The summed E-state index contributed by atoms with van der Waals surface area (Å²) in [6.07, 6.45) is 5.08. The Morgan fingerprint density at radius 3 is 2.35 bits per heavy atom. The van der Waals surface area contributed by atoms with E-state index in [4.69, 9.17) is 9.47 Å². The van der Waals surface area contributed by atoms with E-state index >= 15 is 0 Å². The fourth-order valence-electron chi connectivity index (χ4n) is 3.84. The van der Waals surface area contributed by atoms with Crippen molar-refractivity contribution in [3.8, 4) is 5.75 Å². The van der Waals surface area contributed by atoms with Crippen LogP contribution in [0.15, 0.2) is 53.4 Å². The third-order valence-electron chi connectivity index (χ3n) is 5.64. The molecule has 0 saturated carbocycles. The van der Waals surface area contributed by atoms with Crippen LogP contribution >= 0.6 is 0 Å². The summed E-state index contributed by atoms with van der Waals surface area (Å²) in [4.78, 5) is 12.8. The molecular formula is C23H28N2O5S. The number of piperidine rings is 1. The minimum absolute atomic E-state index is 0.143. The smallest absolute Gasteiger partial charge is 0.255 e. The molecule has 0 aromatic heterocycles. The summed E-state index contributed by atoms with van der Waals surface area (Å²) in [7, 11) is -3.48. The van der Waals surface area contributed by atoms with Gasteiger partial charge in [0.2, 0.25) is 10.0 Å². The van der Waals surface area contributed by atoms with E-state index in [0.717, 1.165) is 38.7 Å². The molecule has 2 heterocycles. The summed E-state index contributed by atoms with van der Waals surface area (Å²) in [6, 6.07) is 13.3. The van der Waals surface area contributed by atoms with Crippen LogP contribution in [-0.2, 0) is 14.8 Å². The van der Waals surface area contributed by atoms with Crippen LogP contribution in [0, 0.1) is 0 Å². The van der Waals surface area contributed by atoms with Gasteiger partial charge in [0.25, 0.3) is 5.91 Å². The number of hydrogen-bond acceptors (Lipinski definition) is 5. The molecule has 0 radical (unpaired) electrons. The second-order valence-electron chi connectivity index (χ2n) is 7.91. The van der Waals surface area contributed by atoms with Crippen molar-refractivity contribution in [2.75, 3.05) is 31.6 Å². The maximum absolute atomic E-state index is 12.7. The molecule has 31 heavy (non-hydrogen) atoms. The Bertz CT molecular complexity index is 978. The van der Waals surface area contributed by atoms with Gasteiger partial charge in [-0.2, -0.15) is 4.31 Å². The van der Waals surface area contributed by atoms with Crippen molar-refractivity contribution >= 4 is 21.6 Å². The summed E-state index contributed by atoms with van der Waals surface area (Å²) < 4.78 is 38.3. The number of amides is 1. The largest absolute Gasteiger partial charge is 0.491 e. The maximum Gasteiger partial charge on any atom is 0.255 e. The number of nitrogens with one attached hydrogen (secondary N) is 1. The van der Waals surface area contributed by atoms with Crippen LogP contribution in [0.4, 0.5) is 5.69 Å². The maximum atomic E-state index is 12.7. The van der Waals surface area contributed by atoms with Crippen LogP contribution in [0.25, 0.3) is 0 Å². The van der Waals surface area contributed by atoms with Crippen LogP contribution < -0.4 is 10.1 Å². The van der Waals surface area contributed by atoms with Crippen molar-refractivity contribution in [3.63, 3.8) is 0 Å². The van der Waals surface area contributed by atoms with Crippen molar-refractivity contribution in [2.45, 2.75) is 43.1 Å². The molecule has 7 nitrogen and oxygen atoms in total. The molecule has 0 unspecified atom stereocenters. The molecule has 2 aromatic rings. The highest BCUT2D eigenvalue weighted by Crippen LogP contribution is 2.22. The molecule has 2 fully saturated rings. The van der Waals surface area contributed by atoms with E-state index in [9.17, 15) is 13.2 Å². The molecule has 166 valence electrons. The van der Waals surface area contributed by atoms with E-state index in [1.54, 1.807) is 48.5 Å². The summed E-state index contributed by atoms with van der Waals surface area (Å²) in [5, 5.41) is 2.80. The normalized spacial score (nSPS) is 19.8. The lowest BCUT2D eigenvalue weighted by Gasteiger charge is -2.25. The first-order valence-corrected chi connectivity index (χ1v) is 12.2. The molecule has 4 rings (SSSR count). The Kier molecular flexibility index (Phi) is 6.89. The van der Waals surface area contributed by atoms with Gasteiger partial charge in [-0.1, -0.05) is 6.42 Å². The summed E-state index contributed by atoms with van der Waals surface area (Å²) in [5.41, 5.74) is 1.04. The number of hydrogen-bond donors (Lipinski definition) is 1. The third-order valence-corrected chi connectivity index (χ3v) is 7.55. The average molecular weight is 445 g/mol. The van der Waals surface area contributed by atoms with Crippen LogP contribution in [0.3, 0.4) is 0 Å². The number of rotatable bonds is 7. The van der Waals surface area contributed by atoms with E-state index in [-0.39, 0.29) is 16.9 Å². The number of anilines is 1. The van der Waals surface area contributed by atoms with E-state index in [2.05, 4.69) is 5.32 Å². The summed E-state index contributed by atoms with van der Waals surface area (Å²) in [5.74, 6) is 0.427. The number of carbonyl (C=O) groups is 1. The zero-order valence-corrected chi connectivity index (χ0v) is 18.3. The van der Waals surface area contributed by atoms with Crippen LogP contribution in [-0.4, -0.2) is 51.0 Å². The zero-order valence-electron chi connectivity index (χ0n) is 17.5. The SMILES string of the molecule is O=C(Nc1ccc(S(=O)(=O)N2CCCCC2)cc1)c1ccc(OC[C@@H]2CCCO2)cc1. The van der Waals surface area contributed by atoms with Crippen LogP contribution in [0.5, 0.6) is 5.75 Å². The molecule has 2 aliphatic heterocycles. The van der Waals surface area contributed by atoms with E-state index in [1.807, 2.05) is 0 Å². The minimum atomic E-state index is -3.48. The lowest BCUT2D eigenvalue weighted by atomic mass is 10.2. The zero-order chi connectivity index (χ0) is 21.7. The molecule has 2 aromatic carbocycles. The standard InChI is InChI=1S/C23H28N2O5S/c26-23(18-6-10-20(11-7-18)30-17-21-5-4-16-29-21)24-19-8-12-22(13-9-19)31(27,28)25-14-2-1-3-15-25/h6-13,21H,1-5,14-17H2,(H,24,26)/t21-/m0/s1. The lowest BCUT2D eigenvalue weighted by Crippen LogP contribution is -2.35. The van der Waals surface area contributed by atoms with Crippen molar-refractivity contribution in [2.24, 2.45) is 0 Å². The topological polar surface area (TPSA) is 84.9 Å². The number of carbonyl (C=O) groups excluding carboxylic acids is 1. The Hall–Kier alpha value is -2.42. The highest BCUT2D eigenvalue weighted by molar-refractivity contribution is 7.89. The molecule has 1 N–H and O–H groups in total. The van der Waals surface area contributed by atoms with E-state index in [0.29, 0.717) is 36.7 Å². The first-order valence-electron chi connectivity index (χ1n) is 10.8. The first kappa shape index (κ1) is 21.8.